The van der Waals surface area contributed by atoms with E-state index in [1.807, 2.05) is 0 Å². The van der Waals surface area contributed by atoms with Crippen LogP contribution in [0.3, 0.4) is 0 Å². The van der Waals surface area contributed by atoms with Crippen LogP contribution in [0.2, 0.25) is 0 Å². The van der Waals surface area contributed by atoms with Gasteiger partial charge in [0.15, 0.2) is 0 Å². The quantitative estimate of drug-likeness (QED) is 0.362. The second-order valence-electron chi connectivity index (χ2n) is 3.02. The van der Waals surface area contributed by atoms with Gasteiger partial charge >= 0.3 is 11.9 Å². The molecule has 0 aromatic carbocycles. The number of esters is 2. The standard InChI is InChI=1S/C7H8O4/c8-5-3-7(6(9)11-5)1-2-10-4-7/h1-4H2. The number of cyclic esters (lactones) is 2. The molecule has 4 nitrogen and oxygen atoms in total. The fourth-order valence-corrected chi connectivity index (χ4v) is 1.50. The van der Waals surface area contributed by atoms with Gasteiger partial charge in [0.2, 0.25) is 0 Å². The van der Waals surface area contributed by atoms with Crippen molar-refractivity contribution < 1.29 is 19.1 Å². The number of hydrogen-bond acceptors (Lipinski definition) is 4. The summed E-state index contributed by atoms with van der Waals surface area (Å²) >= 11 is 0. The van der Waals surface area contributed by atoms with E-state index >= 15 is 0 Å². The number of carbonyl (C=O) groups excluding carboxylic acids is 2. The van der Waals surface area contributed by atoms with Crippen LogP contribution in [0.15, 0.2) is 0 Å². The van der Waals surface area contributed by atoms with Crippen LogP contribution in [0.25, 0.3) is 0 Å². The fourth-order valence-electron chi connectivity index (χ4n) is 1.50. The molecule has 1 atom stereocenters. The van der Waals surface area contributed by atoms with E-state index < -0.39 is 17.4 Å². The third-order valence-electron chi connectivity index (χ3n) is 2.23. The molecule has 0 radical (unpaired) electrons. The molecule has 11 heavy (non-hydrogen) atoms. The molecule has 4 heteroatoms. The van der Waals surface area contributed by atoms with E-state index in [0.717, 1.165) is 0 Å². The first kappa shape index (κ1) is 6.79. The Morgan fingerprint density at radius 1 is 1.36 bits per heavy atom. The van der Waals surface area contributed by atoms with Gasteiger partial charge in [0.25, 0.3) is 0 Å². The lowest BCUT2D eigenvalue weighted by Crippen LogP contribution is -2.26. The van der Waals surface area contributed by atoms with Crippen molar-refractivity contribution >= 4 is 11.9 Å². The molecule has 0 aliphatic carbocycles. The van der Waals surface area contributed by atoms with Crippen LogP contribution in [-0.2, 0) is 19.1 Å². The Labute approximate surface area is 63.5 Å². The molecule has 2 rings (SSSR count). The molecule has 2 aliphatic heterocycles. The summed E-state index contributed by atoms with van der Waals surface area (Å²) in [5, 5.41) is 0. The van der Waals surface area contributed by atoms with Gasteiger partial charge in [-0.05, 0) is 6.42 Å². The summed E-state index contributed by atoms with van der Waals surface area (Å²) in [7, 11) is 0. The Morgan fingerprint density at radius 3 is 2.64 bits per heavy atom. The van der Waals surface area contributed by atoms with Gasteiger partial charge in [-0.1, -0.05) is 0 Å². The Hall–Kier alpha value is -0.900. The minimum absolute atomic E-state index is 0.200. The van der Waals surface area contributed by atoms with Crippen molar-refractivity contribution in [3.05, 3.63) is 0 Å². The summed E-state index contributed by atoms with van der Waals surface area (Å²) in [6.45, 7) is 0.903. The maximum atomic E-state index is 11.1. The van der Waals surface area contributed by atoms with Crippen molar-refractivity contribution in [3.63, 3.8) is 0 Å². The Morgan fingerprint density at radius 2 is 2.18 bits per heavy atom. The molecule has 0 N–H and O–H groups in total. The summed E-state index contributed by atoms with van der Waals surface area (Å²) in [6, 6.07) is 0. The molecule has 2 saturated heterocycles. The molecule has 0 aromatic heterocycles. The molecule has 0 amide bonds. The van der Waals surface area contributed by atoms with Crippen LogP contribution in [-0.4, -0.2) is 25.2 Å². The summed E-state index contributed by atoms with van der Waals surface area (Å²) in [6.07, 6.45) is 0.823. The lowest BCUT2D eigenvalue weighted by molar-refractivity contribution is -0.155. The first-order valence-electron chi connectivity index (χ1n) is 3.56. The Bertz CT molecular complexity index is 214. The highest BCUT2D eigenvalue weighted by Gasteiger charge is 2.51. The van der Waals surface area contributed by atoms with Crippen LogP contribution in [0.1, 0.15) is 12.8 Å². The van der Waals surface area contributed by atoms with E-state index in [9.17, 15) is 9.59 Å². The zero-order chi connectivity index (χ0) is 7.90. The van der Waals surface area contributed by atoms with Crippen molar-refractivity contribution in [1.82, 2.24) is 0 Å². The van der Waals surface area contributed by atoms with Gasteiger partial charge in [0, 0.05) is 6.61 Å². The average molecular weight is 156 g/mol. The van der Waals surface area contributed by atoms with Crippen molar-refractivity contribution in [2.45, 2.75) is 12.8 Å². The van der Waals surface area contributed by atoms with E-state index in [-0.39, 0.29) is 6.42 Å². The maximum absolute atomic E-state index is 11.1. The summed E-state index contributed by atoms with van der Waals surface area (Å²) in [5.74, 6) is -0.819. The molecule has 0 bridgehead atoms. The second-order valence-corrected chi connectivity index (χ2v) is 3.02. The number of carbonyl (C=O) groups is 2. The molecule has 2 aliphatic rings. The zero-order valence-corrected chi connectivity index (χ0v) is 5.96. The van der Waals surface area contributed by atoms with Gasteiger partial charge in [-0.3, -0.25) is 9.59 Å². The topological polar surface area (TPSA) is 52.6 Å². The summed E-state index contributed by atoms with van der Waals surface area (Å²) in [4.78, 5) is 21.8. The van der Waals surface area contributed by atoms with Gasteiger partial charge in [-0.2, -0.15) is 0 Å². The van der Waals surface area contributed by atoms with Gasteiger partial charge < -0.3 is 9.47 Å². The fraction of sp³-hybridized carbons (Fsp3) is 0.714. The van der Waals surface area contributed by atoms with Gasteiger partial charge in [-0.25, -0.2) is 0 Å². The smallest absolute Gasteiger partial charge is 0.322 e. The molecule has 0 saturated carbocycles. The van der Waals surface area contributed by atoms with Crippen LogP contribution in [0.4, 0.5) is 0 Å². The number of rotatable bonds is 0. The molecular weight excluding hydrogens is 148 g/mol. The molecule has 60 valence electrons. The van der Waals surface area contributed by atoms with E-state index in [4.69, 9.17) is 4.74 Å². The molecule has 2 fully saturated rings. The normalized spacial score (nSPS) is 36.7. The minimum atomic E-state index is -0.614. The SMILES string of the molecule is O=C1CC2(CCOC2)C(=O)O1. The van der Waals surface area contributed by atoms with E-state index in [0.29, 0.717) is 19.6 Å². The lowest BCUT2D eigenvalue weighted by atomic mass is 9.86. The van der Waals surface area contributed by atoms with Crippen LogP contribution in [0, 0.1) is 5.41 Å². The van der Waals surface area contributed by atoms with Crippen LogP contribution < -0.4 is 0 Å². The van der Waals surface area contributed by atoms with Gasteiger partial charge in [0.05, 0.1) is 13.0 Å². The third kappa shape index (κ3) is 0.860. The second kappa shape index (κ2) is 2.04. The Balaban J connectivity index is 2.24. The predicted molar refractivity (Wildman–Crippen MR) is 33.6 cm³/mol. The van der Waals surface area contributed by atoms with Gasteiger partial charge in [-0.15, -0.1) is 0 Å². The maximum Gasteiger partial charge on any atom is 0.322 e. The molecule has 2 heterocycles. The average Bonchev–Trinajstić information content (AvgIpc) is 2.45. The Kier molecular flexibility index (Phi) is 1.26. The molecule has 0 aromatic rings. The van der Waals surface area contributed by atoms with Crippen LogP contribution >= 0.6 is 0 Å². The first-order chi connectivity index (χ1) is 5.23. The summed E-state index contributed by atoms with van der Waals surface area (Å²) in [5.41, 5.74) is -0.614. The minimum Gasteiger partial charge on any atom is -0.393 e. The number of hydrogen-bond donors (Lipinski definition) is 0. The third-order valence-corrected chi connectivity index (χ3v) is 2.23. The highest BCUT2D eigenvalue weighted by Crippen LogP contribution is 2.38. The van der Waals surface area contributed by atoms with E-state index in [1.54, 1.807) is 0 Å². The number of ether oxygens (including phenoxy) is 2. The largest absolute Gasteiger partial charge is 0.393 e. The predicted octanol–water partition coefficient (Wildman–Crippen LogP) is -0.133. The van der Waals surface area contributed by atoms with E-state index in [2.05, 4.69) is 4.74 Å². The highest BCUT2D eigenvalue weighted by atomic mass is 16.6. The van der Waals surface area contributed by atoms with Crippen molar-refractivity contribution in [2.24, 2.45) is 5.41 Å². The monoisotopic (exact) mass is 156 g/mol. The zero-order valence-electron chi connectivity index (χ0n) is 5.96. The first-order valence-corrected chi connectivity index (χ1v) is 3.56. The molecule has 1 unspecified atom stereocenters. The highest BCUT2D eigenvalue weighted by molar-refractivity contribution is 5.97. The van der Waals surface area contributed by atoms with Crippen molar-refractivity contribution in [2.75, 3.05) is 13.2 Å². The van der Waals surface area contributed by atoms with Crippen molar-refractivity contribution in [1.29, 1.82) is 0 Å². The van der Waals surface area contributed by atoms with Crippen LogP contribution in [0.5, 0.6) is 0 Å². The molecular formula is C7H8O4. The van der Waals surface area contributed by atoms with Gasteiger partial charge in [0.1, 0.15) is 5.41 Å². The lowest BCUT2D eigenvalue weighted by Gasteiger charge is -2.11. The van der Waals surface area contributed by atoms with E-state index in [1.165, 1.54) is 0 Å². The molecule has 1 spiro atoms. The summed E-state index contributed by atoms with van der Waals surface area (Å²) < 4.78 is 9.49. The van der Waals surface area contributed by atoms with Crippen molar-refractivity contribution in [3.8, 4) is 0 Å².